The third kappa shape index (κ3) is 19.3. The van der Waals surface area contributed by atoms with Gasteiger partial charge in [0, 0.05) is 61.1 Å². The molecule has 4 aliphatic heterocycles. The first-order valence-electron chi connectivity index (χ1n) is 37.1. The fraction of sp³-hybridized carbons (Fsp3) is 0.547. The Labute approximate surface area is 635 Å². The maximum Gasteiger partial charge on any atom is 0.338 e. The number of carboxylic acid groups (broad SMARTS) is 1. The molecular weight excluding hydrogens is 1460 g/mol. The van der Waals surface area contributed by atoms with Crippen molar-refractivity contribution >= 4 is 35.1 Å². The summed E-state index contributed by atoms with van der Waals surface area (Å²) in [6.07, 6.45) is -24.5. The summed E-state index contributed by atoms with van der Waals surface area (Å²) in [5, 5.41) is 133. The van der Waals surface area contributed by atoms with E-state index in [4.69, 9.17) is 43.7 Å². The molecule has 2 amide bonds. The van der Waals surface area contributed by atoms with Gasteiger partial charge in [-0.2, -0.15) is 0 Å². The molecule has 0 spiro atoms. The topological polar surface area (TPSA) is 468 Å². The number of hydrazine groups is 3. The van der Waals surface area contributed by atoms with Crippen molar-refractivity contribution in [3.8, 4) is 11.3 Å². The lowest BCUT2D eigenvalue weighted by Crippen LogP contribution is -2.66. The zero-order valence-corrected chi connectivity index (χ0v) is 60.7. The number of carbonyl (C=O) groups is 4. The molecule has 15 unspecified atom stereocenters. The Bertz CT molecular complexity index is 4030. The number of hydrogen-bond donors (Lipinski definition) is 16. The number of nitrogens with two attached hydrogens (primary N) is 1. The zero-order chi connectivity index (χ0) is 78.9. The average Bonchev–Trinajstić information content (AvgIpc) is 1.41. The van der Waals surface area contributed by atoms with Gasteiger partial charge in [0.25, 0.3) is 0 Å². The predicted molar refractivity (Wildman–Crippen MR) is 381 cm³/mol. The van der Waals surface area contributed by atoms with E-state index in [1.807, 2.05) is 0 Å². The number of hydrogen-bond acceptors (Lipinski definition) is 29. The predicted octanol–water partition coefficient (Wildman–Crippen LogP) is 0.306. The van der Waals surface area contributed by atoms with Crippen molar-refractivity contribution in [2.75, 3.05) is 33.4 Å². The third-order valence-corrected chi connectivity index (χ3v) is 21.6. The lowest BCUT2D eigenvalue weighted by Gasteiger charge is -2.49. The van der Waals surface area contributed by atoms with Crippen molar-refractivity contribution in [1.82, 2.24) is 51.9 Å². The Morgan fingerprint density at radius 2 is 1.28 bits per heavy atom. The summed E-state index contributed by atoms with van der Waals surface area (Å²) in [6, 6.07) is 20.4. The molecule has 3 saturated carbocycles. The van der Waals surface area contributed by atoms with Crippen LogP contribution in [0.4, 0.5) is 13.2 Å². The Morgan fingerprint density at radius 3 is 1.95 bits per heavy atom. The van der Waals surface area contributed by atoms with Gasteiger partial charge in [-0.15, -0.1) is 10.6 Å². The number of aliphatic hydroxyl groups is 9. The van der Waals surface area contributed by atoms with Crippen molar-refractivity contribution < 1.29 is 121 Å². The molecule has 0 bridgehead atoms. The van der Waals surface area contributed by atoms with E-state index < -0.39 is 207 Å². The maximum atomic E-state index is 15.2. The lowest BCUT2D eigenvalue weighted by atomic mass is 9.80. The highest BCUT2D eigenvalue weighted by molar-refractivity contribution is 5.89. The van der Waals surface area contributed by atoms with Gasteiger partial charge in [-0.1, -0.05) is 91.9 Å². The molecule has 0 radical (unpaired) electrons. The molecule has 1 aromatic heterocycles. The molecule has 7 aliphatic rings. The number of aromatic nitrogens is 3. The summed E-state index contributed by atoms with van der Waals surface area (Å²) in [5.74, 6) is -0.740. The van der Waals surface area contributed by atoms with Gasteiger partial charge < -0.3 is 115 Å². The number of ether oxygens (including phenoxy) is 8. The molecule has 17 N–H and O–H groups in total. The Hall–Kier alpha value is -8.35. The first-order valence-corrected chi connectivity index (χ1v) is 37.1. The molecule has 111 heavy (non-hydrogen) atoms. The molecule has 36 heteroatoms. The SMILES string of the molecule is CN/C(=C\N(N)C1CC(C(=O)NCCNC(=O)C2CC(n3cc(-c4cccc(F)c4)nn3)C(O)[C@H](O[C@@H]3OC(CO)[C@H](O)C(N4C=C(c5cccc(F)c5)NN4)C3O)C2)C[C@@H](O[C@@H]2OC(CO)[C@H](O)C(O[C@@H](CC3CCCCC3)C(=O)O)C2OC(=O)c2ccccc2)C1O[C@@H]1OC(C)[C@@H](O)C(O)C1O)c1cccc(F)c1. The van der Waals surface area contributed by atoms with Gasteiger partial charge in [0.15, 0.2) is 31.1 Å². The number of aliphatic carboxylic acids is 1. The van der Waals surface area contributed by atoms with Gasteiger partial charge in [-0.05, 0) is 93.5 Å². The van der Waals surface area contributed by atoms with E-state index in [1.54, 1.807) is 36.4 Å². The van der Waals surface area contributed by atoms with Crippen LogP contribution in [-0.4, -0.2) is 262 Å². The van der Waals surface area contributed by atoms with E-state index in [9.17, 15) is 78.6 Å². The van der Waals surface area contributed by atoms with Crippen LogP contribution in [0, 0.1) is 35.2 Å². The number of carboxylic acids is 1. The fourth-order valence-corrected chi connectivity index (χ4v) is 15.6. The summed E-state index contributed by atoms with van der Waals surface area (Å²) in [6.45, 7) is -0.845. The number of halogens is 3. The number of nitrogens with one attached hydrogen (secondary N) is 5. The van der Waals surface area contributed by atoms with Gasteiger partial charge in [-0.3, -0.25) is 14.6 Å². The van der Waals surface area contributed by atoms with Gasteiger partial charge in [0.1, 0.15) is 96.3 Å². The number of carbonyl (C=O) groups excluding carboxylic acids is 3. The number of aliphatic hydroxyl groups excluding tert-OH is 9. The van der Waals surface area contributed by atoms with Crippen molar-refractivity contribution in [3.05, 3.63) is 156 Å². The van der Waals surface area contributed by atoms with Crippen molar-refractivity contribution in [1.29, 1.82) is 0 Å². The van der Waals surface area contributed by atoms with Crippen molar-refractivity contribution in [2.45, 2.75) is 206 Å². The quantitative estimate of drug-likeness (QED) is 0.0139. The van der Waals surface area contributed by atoms with Crippen molar-refractivity contribution in [2.24, 2.45) is 23.6 Å². The van der Waals surface area contributed by atoms with Crippen LogP contribution in [-0.2, 0) is 52.3 Å². The first-order chi connectivity index (χ1) is 53.4. The molecule has 3 saturated heterocycles. The second kappa shape index (κ2) is 37.1. The first kappa shape index (κ1) is 82.1. The number of nitrogens with zero attached hydrogens (tertiary/aromatic N) is 5. The molecule has 6 fully saturated rings. The normalized spacial score (nSPS) is 33.0. The van der Waals surface area contributed by atoms with Gasteiger partial charge in [0.05, 0.1) is 66.8 Å². The van der Waals surface area contributed by atoms with E-state index in [1.165, 1.54) is 109 Å². The molecular formula is C75H96F3N11O22. The van der Waals surface area contributed by atoms with Crippen LogP contribution in [0.2, 0.25) is 0 Å². The standard InChI is InChI=1S/C75H96F3N11O22/c1-37-59(92)64(97)65(98)74(104-37)111-66-52(87(79)32-48(80-2)40-16-9-19-45(76)25-40)29-44(31-54(66)107-75-68(110-72(103)39-14-7-4-8-15-39)67(62(95)57(36-91)109-75)105-55(71(101)102)24-38-12-5-3-6-13-38)70(100)82-23-22-81-69(99)43-28-51(88-33-49(83-85-88)41-17-10-20-46(77)26-41)60(93)53(30-43)106-73-63(96)58(61(94)56(35-90)108-73)89-34-50(84-86-89)42-18-11-21-47(78)27-42/h4,7-11,14-21,25-27,32-34,37-38,43-44,51-68,73-75,80,84,86,90-98H,3,5-6,12-13,22-24,28-31,35-36,79H2,1-2H3,(H,81,99)(H,82,100)(H,101,102)/b48-32-/t37?,43?,44?,51?,52?,53-,54-,55+,56?,57?,58?,59-,60?,61+,62+,63?,64?,65?,66?,67?,68?,73-,74+,75-/m1/s1. The summed E-state index contributed by atoms with van der Waals surface area (Å²) in [7, 11) is 1.53. The number of rotatable bonds is 28. The summed E-state index contributed by atoms with van der Waals surface area (Å²) < 4.78 is 95.9. The molecule has 5 aromatic rings. The van der Waals surface area contributed by atoms with Crippen LogP contribution < -0.4 is 32.8 Å². The summed E-state index contributed by atoms with van der Waals surface area (Å²) >= 11 is 0. The van der Waals surface area contributed by atoms with E-state index in [2.05, 4.69) is 37.2 Å². The second-order valence-corrected chi connectivity index (χ2v) is 29.0. The number of benzene rings is 4. The fourth-order valence-electron chi connectivity index (χ4n) is 15.6. The second-order valence-electron chi connectivity index (χ2n) is 29.0. The third-order valence-electron chi connectivity index (χ3n) is 21.6. The van der Waals surface area contributed by atoms with Crippen LogP contribution in [0.5, 0.6) is 0 Å². The van der Waals surface area contributed by atoms with Crippen LogP contribution in [0.15, 0.2) is 122 Å². The summed E-state index contributed by atoms with van der Waals surface area (Å²) in [5.41, 5.74) is 7.50. The summed E-state index contributed by atoms with van der Waals surface area (Å²) in [4.78, 5) is 57.5. The van der Waals surface area contributed by atoms with Crippen LogP contribution in [0.1, 0.15) is 98.7 Å². The van der Waals surface area contributed by atoms with Gasteiger partial charge >= 0.3 is 11.9 Å². The smallest absolute Gasteiger partial charge is 0.338 e. The minimum Gasteiger partial charge on any atom is -0.479 e. The van der Waals surface area contributed by atoms with Gasteiger partial charge in [-0.25, -0.2) is 33.3 Å². The number of amides is 2. The monoisotopic (exact) mass is 1560 g/mol. The van der Waals surface area contributed by atoms with Gasteiger partial charge in [0.2, 0.25) is 11.8 Å². The van der Waals surface area contributed by atoms with Crippen LogP contribution >= 0.6 is 0 Å². The molecule has 12 rings (SSSR count). The minimum atomic E-state index is -1.96. The molecule has 5 heterocycles. The zero-order valence-electron chi connectivity index (χ0n) is 60.7. The Morgan fingerprint density at radius 1 is 0.667 bits per heavy atom. The Kier molecular flexibility index (Phi) is 27.4. The largest absolute Gasteiger partial charge is 0.479 e. The van der Waals surface area contributed by atoms with E-state index in [0.29, 0.717) is 35.2 Å². The van der Waals surface area contributed by atoms with E-state index in [-0.39, 0.29) is 61.6 Å². The lowest BCUT2D eigenvalue weighted by molar-refractivity contribution is -0.349. The molecule has 604 valence electrons. The minimum absolute atomic E-state index is 0.00415. The highest BCUT2D eigenvalue weighted by atomic mass is 19.1. The van der Waals surface area contributed by atoms with Crippen LogP contribution in [0.25, 0.3) is 22.7 Å². The van der Waals surface area contributed by atoms with E-state index >= 15 is 4.79 Å². The highest BCUT2D eigenvalue weighted by Gasteiger charge is 2.56. The van der Waals surface area contributed by atoms with Crippen LogP contribution in [0.3, 0.4) is 0 Å². The molecule has 4 aromatic carbocycles. The number of esters is 1. The molecule has 33 nitrogen and oxygen atoms in total. The maximum absolute atomic E-state index is 15.2. The average molecular weight is 1560 g/mol. The highest BCUT2D eigenvalue weighted by Crippen LogP contribution is 2.42. The van der Waals surface area contributed by atoms with Crippen molar-refractivity contribution in [3.63, 3.8) is 0 Å². The van der Waals surface area contributed by atoms with E-state index in [0.717, 1.165) is 24.3 Å². The molecule has 3 aliphatic carbocycles. The Balaban J connectivity index is 0.828. The molecule has 24 atom stereocenters.